The molecule has 172 valence electrons. The van der Waals surface area contributed by atoms with Crippen LogP contribution in [0, 0.1) is 20.8 Å². The SMILES string of the molecule is CCC(=O)Nc1ccc(N2C(=S)N[C@@H](c3ccccn3)[C@H]2c2cc(C)n(CC)c2C)cc1C. The van der Waals surface area contributed by atoms with E-state index in [9.17, 15) is 4.79 Å². The number of thiocarbonyl (C=S) groups is 1. The Morgan fingerprint density at radius 2 is 1.94 bits per heavy atom. The maximum atomic E-state index is 11.9. The van der Waals surface area contributed by atoms with Crippen molar-refractivity contribution in [3.05, 3.63) is 76.9 Å². The van der Waals surface area contributed by atoms with Gasteiger partial charge in [0.25, 0.3) is 0 Å². The van der Waals surface area contributed by atoms with Crippen molar-refractivity contribution in [3.8, 4) is 0 Å². The second kappa shape index (κ2) is 9.35. The summed E-state index contributed by atoms with van der Waals surface area (Å²) >= 11 is 5.86. The average Bonchev–Trinajstić information content (AvgIpc) is 3.30. The molecule has 33 heavy (non-hydrogen) atoms. The highest BCUT2D eigenvalue weighted by atomic mass is 32.1. The number of carbonyl (C=O) groups is 1. The number of aromatic nitrogens is 2. The second-order valence-electron chi connectivity index (χ2n) is 8.47. The van der Waals surface area contributed by atoms with Crippen LogP contribution in [-0.2, 0) is 11.3 Å². The average molecular weight is 462 g/mol. The summed E-state index contributed by atoms with van der Waals surface area (Å²) in [6, 6.07) is 14.2. The van der Waals surface area contributed by atoms with Gasteiger partial charge in [0.1, 0.15) is 0 Å². The van der Waals surface area contributed by atoms with Gasteiger partial charge in [0, 0.05) is 41.9 Å². The van der Waals surface area contributed by atoms with Crippen molar-refractivity contribution >= 4 is 34.6 Å². The maximum Gasteiger partial charge on any atom is 0.224 e. The summed E-state index contributed by atoms with van der Waals surface area (Å²) in [6.07, 6.45) is 2.27. The number of pyridine rings is 1. The maximum absolute atomic E-state index is 11.9. The van der Waals surface area contributed by atoms with Crippen molar-refractivity contribution in [1.82, 2.24) is 14.9 Å². The molecule has 1 amide bonds. The van der Waals surface area contributed by atoms with Crippen molar-refractivity contribution < 1.29 is 4.79 Å². The fourth-order valence-electron chi connectivity index (χ4n) is 4.74. The molecule has 3 aromatic rings. The Bertz CT molecular complexity index is 1190. The molecule has 0 saturated carbocycles. The molecule has 2 atom stereocenters. The molecule has 3 heterocycles. The van der Waals surface area contributed by atoms with Crippen LogP contribution in [0.4, 0.5) is 11.4 Å². The summed E-state index contributed by atoms with van der Waals surface area (Å²) in [5.41, 5.74) is 7.47. The van der Waals surface area contributed by atoms with E-state index in [0.717, 1.165) is 29.2 Å². The lowest BCUT2D eigenvalue weighted by molar-refractivity contribution is -0.115. The van der Waals surface area contributed by atoms with E-state index in [2.05, 4.69) is 58.0 Å². The van der Waals surface area contributed by atoms with E-state index >= 15 is 0 Å². The van der Waals surface area contributed by atoms with Crippen molar-refractivity contribution in [3.63, 3.8) is 0 Å². The highest BCUT2D eigenvalue weighted by Gasteiger charge is 2.42. The van der Waals surface area contributed by atoms with Crippen molar-refractivity contribution in [2.45, 2.75) is 59.7 Å². The van der Waals surface area contributed by atoms with E-state index in [0.29, 0.717) is 11.5 Å². The third-order valence-corrected chi connectivity index (χ3v) is 6.74. The van der Waals surface area contributed by atoms with Gasteiger partial charge in [0.05, 0.1) is 17.8 Å². The number of carbonyl (C=O) groups excluding carboxylic acids is 1. The second-order valence-corrected chi connectivity index (χ2v) is 8.85. The molecule has 1 aliphatic heterocycles. The van der Waals surface area contributed by atoms with Crippen LogP contribution in [0.1, 0.15) is 60.6 Å². The number of aryl methyl sites for hydroxylation is 2. The van der Waals surface area contributed by atoms with Crippen molar-refractivity contribution in [1.29, 1.82) is 0 Å². The van der Waals surface area contributed by atoms with Gasteiger partial charge >= 0.3 is 0 Å². The first-order valence-corrected chi connectivity index (χ1v) is 11.8. The number of hydrogen-bond donors (Lipinski definition) is 2. The minimum Gasteiger partial charge on any atom is -0.351 e. The molecule has 2 N–H and O–H groups in total. The largest absolute Gasteiger partial charge is 0.351 e. The topological polar surface area (TPSA) is 62.2 Å². The van der Waals surface area contributed by atoms with Gasteiger partial charge < -0.3 is 20.1 Å². The predicted molar refractivity (Wildman–Crippen MR) is 138 cm³/mol. The lowest BCUT2D eigenvalue weighted by Crippen LogP contribution is -2.29. The van der Waals surface area contributed by atoms with Gasteiger partial charge in [0.15, 0.2) is 5.11 Å². The lowest BCUT2D eigenvalue weighted by Gasteiger charge is -2.29. The molecule has 1 saturated heterocycles. The lowest BCUT2D eigenvalue weighted by atomic mass is 9.96. The van der Waals surface area contributed by atoms with Crippen molar-refractivity contribution in [2.75, 3.05) is 10.2 Å². The van der Waals surface area contributed by atoms with Crippen molar-refractivity contribution in [2.24, 2.45) is 0 Å². The standard InChI is InChI=1S/C26H31N5OS/c1-6-23(32)28-21-12-11-19(14-16(21)3)31-25(20-15-17(4)30(7-2)18(20)5)24(29-26(31)33)22-10-8-9-13-27-22/h8-15,24-25H,6-7H2,1-5H3,(H,28,32)(H,29,33)/t24-,25+/m0/s1. The van der Waals surface area contributed by atoms with Gasteiger partial charge in [0.2, 0.25) is 5.91 Å². The predicted octanol–water partition coefficient (Wildman–Crippen LogP) is 5.35. The molecular weight excluding hydrogens is 430 g/mol. The number of nitrogens with one attached hydrogen (secondary N) is 2. The molecule has 6 nitrogen and oxygen atoms in total. The van der Waals surface area contributed by atoms with Gasteiger partial charge in [-0.3, -0.25) is 9.78 Å². The summed E-state index contributed by atoms with van der Waals surface area (Å²) < 4.78 is 2.33. The molecular formula is C26H31N5OS. The van der Waals surface area contributed by atoms with Crippen LogP contribution in [-0.4, -0.2) is 20.6 Å². The number of rotatable bonds is 6. The van der Waals surface area contributed by atoms with Gasteiger partial charge in [-0.1, -0.05) is 13.0 Å². The zero-order valence-corrected chi connectivity index (χ0v) is 20.7. The van der Waals surface area contributed by atoms with E-state index in [1.54, 1.807) is 0 Å². The molecule has 2 aromatic heterocycles. The third kappa shape index (κ3) is 4.25. The third-order valence-electron chi connectivity index (χ3n) is 6.43. The van der Waals surface area contributed by atoms with Crippen LogP contribution in [0.5, 0.6) is 0 Å². The molecule has 1 aliphatic rings. The number of amides is 1. The first-order chi connectivity index (χ1) is 15.8. The normalized spacial score (nSPS) is 17.8. The zero-order chi connectivity index (χ0) is 23.7. The summed E-state index contributed by atoms with van der Waals surface area (Å²) in [5.74, 6) is 0.00399. The first kappa shape index (κ1) is 23.0. The van der Waals surface area contributed by atoms with Crippen LogP contribution < -0.4 is 15.5 Å². The molecule has 0 radical (unpaired) electrons. The molecule has 1 fully saturated rings. The molecule has 1 aromatic carbocycles. The van der Waals surface area contributed by atoms with Gasteiger partial charge in [-0.2, -0.15) is 0 Å². The first-order valence-electron chi connectivity index (χ1n) is 11.4. The number of hydrogen-bond acceptors (Lipinski definition) is 3. The zero-order valence-electron chi connectivity index (χ0n) is 19.8. The van der Waals surface area contributed by atoms with Gasteiger partial charge in [-0.25, -0.2) is 0 Å². The van der Waals surface area contributed by atoms with Crippen LogP contribution in [0.25, 0.3) is 0 Å². The quantitative estimate of drug-likeness (QED) is 0.484. The summed E-state index contributed by atoms with van der Waals surface area (Å²) in [7, 11) is 0. The molecule has 0 spiro atoms. The summed E-state index contributed by atoms with van der Waals surface area (Å²) in [4.78, 5) is 18.7. The highest BCUT2D eigenvalue weighted by molar-refractivity contribution is 7.80. The molecule has 0 unspecified atom stereocenters. The van der Waals surface area contributed by atoms with Crippen LogP contribution in [0.2, 0.25) is 0 Å². The summed E-state index contributed by atoms with van der Waals surface area (Å²) in [6.45, 7) is 11.3. The fraction of sp³-hybridized carbons (Fsp3) is 0.346. The molecule has 0 bridgehead atoms. The Morgan fingerprint density at radius 1 is 1.15 bits per heavy atom. The van der Waals surface area contributed by atoms with E-state index in [-0.39, 0.29) is 18.0 Å². The Kier molecular flexibility index (Phi) is 6.51. The smallest absolute Gasteiger partial charge is 0.224 e. The van der Waals surface area contributed by atoms with Crippen LogP contribution in [0.3, 0.4) is 0 Å². The molecule has 7 heteroatoms. The summed E-state index contributed by atoms with van der Waals surface area (Å²) in [5, 5.41) is 7.18. The minimum atomic E-state index is -0.0794. The van der Waals surface area contributed by atoms with Crippen LogP contribution in [0.15, 0.2) is 48.7 Å². The Balaban J connectivity index is 1.82. The number of anilines is 2. The Morgan fingerprint density at radius 3 is 2.55 bits per heavy atom. The van der Waals surface area contributed by atoms with Crippen LogP contribution >= 0.6 is 12.2 Å². The minimum absolute atomic E-state index is 0.00399. The van der Waals surface area contributed by atoms with E-state index in [1.165, 1.54) is 17.0 Å². The van der Waals surface area contributed by atoms with E-state index in [1.807, 2.05) is 50.4 Å². The van der Waals surface area contributed by atoms with E-state index < -0.39 is 0 Å². The fourth-order valence-corrected chi connectivity index (χ4v) is 5.09. The molecule has 4 rings (SSSR count). The number of nitrogens with zero attached hydrogens (tertiary/aromatic N) is 3. The molecule has 0 aliphatic carbocycles. The highest BCUT2D eigenvalue weighted by Crippen LogP contribution is 2.43. The number of benzene rings is 1. The van der Waals surface area contributed by atoms with Gasteiger partial charge in [-0.05, 0) is 87.4 Å². The Hall–Kier alpha value is -3.19. The monoisotopic (exact) mass is 461 g/mol. The Labute approximate surface area is 201 Å². The van der Waals surface area contributed by atoms with E-state index in [4.69, 9.17) is 12.2 Å². The van der Waals surface area contributed by atoms with Gasteiger partial charge in [-0.15, -0.1) is 0 Å².